The van der Waals surface area contributed by atoms with Gasteiger partial charge in [0.05, 0.1) is 6.10 Å². The fraction of sp³-hybridized carbons (Fsp3) is 0.500. The van der Waals surface area contributed by atoms with Gasteiger partial charge in [0.15, 0.2) is 0 Å². The van der Waals surface area contributed by atoms with Crippen LogP contribution in [0.1, 0.15) is 32.3 Å². The lowest BCUT2D eigenvalue weighted by Gasteiger charge is -2.12. The quantitative estimate of drug-likeness (QED) is 0.557. The molecule has 0 fully saturated rings. The lowest BCUT2D eigenvalue weighted by molar-refractivity contribution is 0.0765. The standard InChI is InChI=1S/C14H21BrN2OS/c1-10(2)18-8-4-3-7-17-13-9-11(15)5-6-12(13)14(16)19/h5-6,9-10,17H,3-4,7-8H2,1-2H3,(H2,16,19). The molecule has 0 radical (unpaired) electrons. The number of thiocarbonyl (C=S) groups is 1. The van der Waals surface area contributed by atoms with Gasteiger partial charge in [-0.05, 0) is 44.9 Å². The zero-order valence-corrected chi connectivity index (χ0v) is 13.8. The first-order valence-corrected chi connectivity index (χ1v) is 7.65. The molecule has 0 aliphatic heterocycles. The number of ether oxygens (including phenoxy) is 1. The Morgan fingerprint density at radius 2 is 2.16 bits per heavy atom. The number of rotatable bonds is 8. The van der Waals surface area contributed by atoms with E-state index in [9.17, 15) is 0 Å². The Kier molecular flexibility index (Phi) is 7.34. The molecule has 0 saturated carbocycles. The zero-order valence-electron chi connectivity index (χ0n) is 11.4. The van der Waals surface area contributed by atoms with Crippen molar-refractivity contribution in [3.63, 3.8) is 0 Å². The third-order valence-corrected chi connectivity index (χ3v) is 3.30. The Hall–Kier alpha value is -0.650. The van der Waals surface area contributed by atoms with E-state index in [0.717, 1.165) is 41.7 Å². The molecule has 3 nitrogen and oxygen atoms in total. The summed E-state index contributed by atoms with van der Waals surface area (Å²) >= 11 is 8.50. The molecule has 0 bridgehead atoms. The van der Waals surface area contributed by atoms with Crippen LogP contribution in [0.4, 0.5) is 5.69 Å². The molecule has 0 aliphatic carbocycles. The molecule has 0 heterocycles. The van der Waals surface area contributed by atoms with Crippen molar-refractivity contribution in [1.29, 1.82) is 0 Å². The van der Waals surface area contributed by atoms with E-state index in [1.807, 2.05) is 32.0 Å². The summed E-state index contributed by atoms with van der Waals surface area (Å²) in [4.78, 5) is 0.415. The highest BCUT2D eigenvalue weighted by atomic mass is 79.9. The molecule has 0 aliphatic rings. The summed E-state index contributed by atoms with van der Waals surface area (Å²) in [6, 6.07) is 5.87. The summed E-state index contributed by atoms with van der Waals surface area (Å²) in [5, 5.41) is 3.37. The fourth-order valence-electron chi connectivity index (χ4n) is 1.65. The van der Waals surface area contributed by atoms with Crippen LogP contribution in [0.5, 0.6) is 0 Å². The van der Waals surface area contributed by atoms with Crippen LogP contribution in [0.2, 0.25) is 0 Å². The Labute approximate surface area is 129 Å². The zero-order chi connectivity index (χ0) is 14.3. The number of benzene rings is 1. The molecule has 0 aromatic heterocycles. The number of anilines is 1. The summed E-state index contributed by atoms with van der Waals surface area (Å²) in [6.07, 6.45) is 2.40. The van der Waals surface area contributed by atoms with Crippen molar-refractivity contribution >= 4 is 38.8 Å². The lowest BCUT2D eigenvalue weighted by Crippen LogP contribution is -2.14. The second-order valence-corrected chi connectivity index (χ2v) is 5.96. The van der Waals surface area contributed by atoms with Gasteiger partial charge in [0, 0.05) is 28.9 Å². The smallest absolute Gasteiger partial charge is 0.106 e. The molecule has 106 valence electrons. The van der Waals surface area contributed by atoms with Gasteiger partial charge in [-0.15, -0.1) is 0 Å². The largest absolute Gasteiger partial charge is 0.389 e. The minimum atomic E-state index is 0.305. The molecule has 0 spiro atoms. The van der Waals surface area contributed by atoms with Crippen LogP contribution in [0.25, 0.3) is 0 Å². The summed E-state index contributed by atoms with van der Waals surface area (Å²) < 4.78 is 6.51. The monoisotopic (exact) mass is 344 g/mol. The van der Waals surface area contributed by atoms with Crippen LogP contribution in [0.15, 0.2) is 22.7 Å². The van der Waals surface area contributed by atoms with E-state index in [1.54, 1.807) is 0 Å². The number of hydrogen-bond acceptors (Lipinski definition) is 3. The van der Waals surface area contributed by atoms with Gasteiger partial charge in [-0.1, -0.05) is 28.1 Å². The highest BCUT2D eigenvalue weighted by Gasteiger charge is 2.05. The van der Waals surface area contributed by atoms with Crippen LogP contribution in [0.3, 0.4) is 0 Å². The third kappa shape index (κ3) is 6.36. The van der Waals surface area contributed by atoms with Crippen LogP contribution in [0, 0.1) is 0 Å². The van der Waals surface area contributed by atoms with Crippen molar-refractivity contribution in [2.24, 2.45) is 5.73 Å². The van der Waals surface area contributed by atoms with Crippen LogP contribution in [-0.4, -0.2) is 24.2 Å². The number of nitrogens with two attached hydrogens (primary N) is 1. The van der Waals surface area contributed by atoms with Crippen molar-refractivity contribution in [1.82, 2.24) is 0 Å². The van der Waals surface area contributed by atoms with Crippen LogP contribution in [-0.2, 0) is 4.74 Å². The Morgan fingerprint density at radius 1 is 1.42 bits per heavy atom. The molecular weight excluding hydrogens is 324 g/mol. The first-order chi connectivity index (χ1) is 9.00. The maximum atomic E-state index is 5.71. The van der Waals surface area contributed by atoms with E-state index in [1.165, 1.54) is 0 Å². The lowest BCUT2D eigenvalue weighted by atomic mass is 10.1. The van der Waals surface area contributed by atoms with E-state index < -0.39 is 0 Å². The summed E-state index contributed by atoms with van der Waals surface area (Å²) in [7, 11) is 0. The number of hydrogen-bond donors (Lipinski definition) is 2. The molecular formula is C14H21BrN2OS. The molecule has 3 N–H and O–H groups in total. The first-order valence-electron chi connectivity index (χ1n) is 6.45. The summed E-state index contributed by atoms with van der Waals surface area (Å²) in [6.45, 7) is 5.79. The van der Waals surface area contributed by atoms with E-state index in [0.29, 0.717) is 11.1 Å². The molecule has 1 aromatic carbocycles. The molecule has 0 unspecified atom stereocenters. The second kappa shape index (κ2) is 8.51. The maximum absolute atomic E-state index is 5.71. The Morgan fingerprint density at radius 3 is 2.79 bits per heavy atom. The summed E-state index contributed by atoms with van der Waals surface area (Å²) in [5.41, 5.74) is 7.57. The van der Waals surface area contributed by atoms with E-state index in [4.69, 9.17) is 22.7 Å². The van der Waals surface area contributed by atoms with Crippen molar-refractivity contribution < 1.29 is 4.74 Å². The predicted octanol–water partition coefficient (Wildman–Crippen LogP) is 3.70. The average Bonchev–Trinajstić information content (AvgIpc) is 2.33. The third-order valence-electron chi connectivity index (χ3n) is 2.58. The number of unbranched alkanes of at least 4 members (excludes halogenated alkanes) is 1. The predicted molar refractivity (Wildman–Crippen MR) is 88.8 cm³/mol. The van der Waals surface area contributed by atoms with Gasteiger partial charge in [0.25, 0.3) is 0 Å². The number of nitrogens with one attached hydrogen (secondary N) is 1. The minimum absolute atomic E-state index is 0.305. The normalized spacial score (nSPS) is 10.7. The van der Waals surface area contributed by atoms with E-state index in [2.05, 4.69) is 21.2 Å². The van der Waals surface area contributed by atoms with E-state index >= 15 is 0 Å². The van der Waals surface area contributed by atoms with Gasteiger partial charge in [0.1, 0.15) is 4.99 Å². The molecule has 1 aromatic rings. The molecule has 19 heavy (non-hydrogen) atoms. The fourth-order valence-corrected chi connectivity index (χ4v) is 2.19. The van der Waals surface area contributed by atoms with Crippen molar-refractivity contribution in [3.8, 4) is 0 Å². The van der Waals surface area contributed by atoms with Crippen LogP contribution >= 0.6 is 28.1 Å². The van der Waals surface area contributed by atoms with E-state index in [-0.39, 0.29) is 0 Å². The molecule has 1 rings (SSSR count). The van der Waals surface area contributed by atoms with Gasteiger partial charge in [-0.25, -0.2) is 0 Å². The highest BCUT2D eigenvalue weighted by molar-refractivity contribution is 9.10. The first kappa shape index (κ1) is 16.4. The highest BCUT2D eigenvalue weighted by Crippen LogP contribution is 2.21. The Balaban J connectivity index is 2.40. The molecule has 0 atom stereocenters. The second-order valence-electron chi connectivity index (χ2n) is 4.61. The van der Waals surface area contributed by atoms with Gasteiger partial charge in [-0.2, -0.15) is 0 Å². The minimum Gasteiger partial charge on any atom is -0.389 e. The molecule has 5 heteroatoms. The average molecular weight is 345 g/mol. The molecule has 0 amide bonds. The van der Waals surface area contributed by atoms with Crippen molar-refractivity contribution in [2.45, 2.75) is 32.8 Å². The number of halogens is 1. The maximum Gasteiger partial charge on any atom is 0.106 e. The van der Waals surface area contributed by atoms with Crippen molar-refractivity contribution in [2.75, 3.05) is 18.5 Å². The van der Waals surface area contributed by atoms with Gasteiger partial charge in [-0.3, -0.25) is 0 Å². The van der Waals surface area contributed by atoms with Crippen LogP contribution < -0.4 is 11.1 Å². The molecule has 0 saturated heterocycles. The van der Waals surface area contributed by atoms with Crippen molar-refractivity contribution in [3.05, 3.63) is 28.2 Å². The van der Waals surface area contributed by atoms with Gasteiger partial charge >= 0.3 is 0 Å². The topological polar surface area (TPSA) is 47.3 Å². The SMILES string of the molecule is CC(C)OCCCCNc1cc(Br)ccc1C(N)=S. The summed E-state index contributed by atoms with van der Waals surface area (Å²) in [5.74, 6) is 0. The Bertz CT molecular complexity index is 424. The van der Waals surface area contributed by atoms with Gasteiger partial charge in [0.2, 0.25) is 0 Å². The van der Waals surface area contributed by atoms with Gasteiger partial charge < -0.3 is 15.8 Å².